The molecule has 1 aliphatic heterocycles. The minimum atomic E-state index is 0.677. The van der Waals surface area contributed by atoms with Gasteiger partial charge in [-0.05, 0) is 30.5 Å². The number of nitrogens with zero attached hydrogens (tertiary/aromatic N) is 2. The molecule has 0 fully saturated rings. The third-order valence-corrected chi connectivity index (χ3v) is 3.81. The Hall–Kier alpha value is -1.61. The number of nitrogens with one attached hydrogen (secondary N) is 1. The average molecular weight is 241 g/mol. The summed E-state index contributed by atoms with van der Waals surface area (Å²) in [6.07, 6.45) is 10.9. The van der Waals surface area contributed by atoms with Crippen LogP contribution < -0.4 is 0 Å². The Kier molecular flexibility index (Phi) is 3.15. The Morgan fingerprint density at radius 1 is 1.44 bits per heavy atom. The molecule has 2 aromatic rings. The normalized spacial score (nSPS) is 20.6. The van der Waals surface area contributed by atoms with Gasteiger partial charge in [-0.25, -0.2) is 4.98 Å². The fourth-order valence-electron chi connectivity index (χ4n) is 2.74. The molecule has 3 heteroatoms. The maximum Gasteiger partial charge on any atom is 0.137 e. The first-order valence-corrected chi connectivity index (χ1v) is 6.68. The highest BCUT2D eigenvalue weighted by Crippen LogP contribution is 2.22. The van der Waals surface area contributed by atoms with Gasteiger partial charge in [-0.15, -0.1) is 0 Å². The van der Waals surface area contributed by atoms with Crippen molar-refractivity contribution in [1.82, 2.24) is 14.9 Å². The van der Waals surface area contributed by atoms with E-state index in [4.69, 9.17) is 0 Å². The summed E-state index contributed by atoms with van der Waals surface area (Å²) in [4.78, 5) is 10.2. The molecule has 0 saturated heterocycles. The number of hydrogen-bond acceptors (Lipinski definition) is 2. The second-order valence-corrected chi connectivity index (χ2v) is 4.91. The van der Waals surface area contributed by atoms with Gasteiger partial charge in [0.2, 0.25) is 0 Å². The zero-order valence-corrected chi connectivity index (χ0v) is 10.8. The van der Waals surface area contributed by atoms with Crippen LogP contribution in [0.15, 0.2) is 36.7 Å². The van der Waals surface area contributed by atoms with Crippen molar-refractivity contribution in [2.24, 2.45) is 0 Å². The molecule has 1 aliphatic rings. The van der Waals surface area contributed by atoms with Crippen molar-refractivity contribution in [2.45, 2.75) is 32.4 Å². The van der Waals surface area contributed by atoms with Crippen LogP contribution in [-0.4, -0.2) is 27.5 Å². The van der Waals surface area contributed by atoms with E-state index in [-0.39, 0.29) is 0 Å². The monoisotopic (exact) mass is 241 g/mol. The highest BCUT2D eigenvalue weighted by Gasteiger charge is 2.18. The van der Waals surface area contributed by atoms with Crippen LogP contribution in [0.4, 0.5) is 0 Å². The predicted octanol–water partition coefficient (Wildman–Crippen LogP) is 3.10. The molecule has 18 heavy (non-hydrogen) atoms. The Labute approximate surface area is 108 Å². The van der Waals surface area contributed by atoms with Crippen molar-refractivity contribution < 1.29 is 0 Å². The molecule has 1 N–H and O–H groups in total. The minimum Gasteiger partial charge on any atom is -0.346 e. The molecule has 2 aromatic heterocycles. The Morgan fingerprint density at radius 3 is 3.28 bits per heavy atom. The van der Waals surface area contributed by atoms with E-state index in [1.807, 2.05) is 12.3 Å². The van der Waals surface area contributed by atoms with E-state index in [1.54, 1.807) is 0 Å². The first-order chi connectivity index (χ1) is 8.88. The number of rotatable bonds is 3. The lowest BCUT2D eigenvalue weighted by Crippen LogP contribution is -2.36. The molecule has 1 atom stereocenters. The summed E-state index contributed by atoms with van der Waals surface area (Å²) in [5, 5.41) is 1.25. The first-order valence-electron chi connectivity index (χ1n) is 6.68. The lowest BCUT2D eigenvalue weighted by molar-refractivity contribution is 0.195. The summed E-state index contributed by atoms with van der Waals surface area (Å²) >= 11 is 0. The smallest absolute Gasteiger partial charge is 0.137 e. The molecular formula is C15H19N3. The topological polar surface area (TPSA) is 31.9 Å². The average Bonchev–Trinajstić information content (AvgIpc) is 2.83. The molecule has 1 unspecified atom stereocenters. The van der Waals surface area contributed by atoms with Gasteiger partial charge in [-0.3, -0.25) is 4.90 Å². The largest absolute Gasteiger partial charge is 0.346 e. The number of fused-ring (bicyclic) bond motifs is 1. The fourth-order valence-corrected chi connectivity index (χ4v) is 2.74. The molecule has 0 aliphatic carbocycles. The molecule has 0 spiro atoms. The van der Waals surface area contributed by atoms with Crippen molar-refractivity contribution in [3.05, 3.63) is 42.2 Å². The standard InChI is InChI=1S/C15H19N3/c1-2-13-6-3-4-9-18(13)11-12-10-17-15-14(12)7-5-8-16-15/h3-5,7-8,10,13H,2,6,9,11H2,1H3,(H,16,17). The minimum absolute atomic E-state index is 0.677. The first kappa shape index (κ1) is 11.5. The number of pyridine rings is 1. The van der Waals surface area contributed by atoms with Crippen molar-refractivity contribution in [3.63, 3.8) is 0 Å². The number of aromatic amines is 1. The molecule has 94 valence electrons. The molecule has 0 radical (unpaired) electrons. The van der Waals surface area contributed by atoms with Gasteiger partial charge in [-0.1, -0.05) is 19.1 Å². The Bertz CT molecular complexity index is 556. The highest BCUT2D eigenvalue weighted by molar-refractivity contribution is 5.79. The van der Waals surface area contributed by atoms with Gasteiger partial charge in [0.15, 0.2) is 0 Å². The van der Waals surface area contributed by atoms with Crippen molar-refractivity contribution in [3.8, 4) is 0 Å². The van der Waals surface area contributed by atoms with Crippen LogP contribution in [0, 0.1) is 0 Å². The summed E-state index contributed by atoms with van der Waals surface area (Å²) in [6, 6.07) is 4.83. The van der Waals surface area contributed by atoms with Crippen LogP contribution >= 0.6 is 0 Å². The highest BCUT2D eigenvalue weighted by atomic mass is 15.2. The third kappa shape index (κ3) is 2.06. The lowest BCUT2D eigenvalue weighted by Gasteiger charge is -2.32. The molecule has 0 aromatic carbocycles. The second-order valence-electron chi connectivity index (χ2n) is 4.91. The zero-order valence-electron chi connectivity index (χ0n) is 10.8. The van der Waals surface area contributed by atoms with Crippen molar-refractivity contribution >= 4 is 11.0 Å². The maximum atomic E-state index is 4.35. The van der Waals surface area contributed by atoms with Crippen LogP contribution in [0.5, 0.6) is 0 Å². The maximum absolute atomic E-state index is 4.35. The Balaban J connectivity index is 1.85. The molecule has 3 rings (SSSR count). The molecule has 0 amide bonds. The quantitative estimate of drug-likeness (QED) is 0.837. The molecule has 3 heterocycles. The van der Waals surface area contributed by atoms with Gasteiger partial charge in [0, 0.05) is 36.9 Å². The van der Waals surface area contributed by atoms with Crippen molar-refractivity contribution in [2.75, 3.05) is 6.54 Å². The second kappa shape index (κ2) is 4.94. The number of H-pyrrole nitrogens is 1. The van der Waals surface area contributed by atoms with Crippen LogP contribution in [0.2, 0.25) is 0 Å². The summed E-state index contributed by atoms with van der Waals surface area (Å²) < 4.78 is 0. The molecule has 0 saturated carbocycles. The Morgan fingerprint density at radius 2 is 2.39 bits per heavy atom. The zero-order chi connectivity index (χ0) is 12.4. The molecule has 0 bridgehead atoms. The van der Waals surface area contributed by atoms with Gasteiger partial charge in [0.25, 0.3) is 0 Å². The van der Waals surface area contributed by atoms with Crippen LogP contribution in [0.3, 0.4) is 0 Å². The van der Waals surface area contributed by atoms with E-state index < -0.39 is 0 Å². The van der Waals surface area contributed by atoms with E-state index in [0.29, 0.717) is 6.04 Å². The van der Waals surface area contributed by atoms with E-state index in [2.05, 4.69) is 46.2 Å². The van der Waals surface area contributed by atoms with Gasteiger partial charge >= 0.3 is 0 Å². The fraction of sp³-hybridized carbons (Fsp3) is 0.400. The van der Waals surface area contributed by atoms with E-state index in [9.17, 15) is 0 Å². The summed E-state index contributed by atoms with van der Waals surface area (Å²) in [6.45, 7) is 4.34. The van der Waals surface area contributed by atoms with Crippen LogP contribution in [-0.2, 0) is 6.54 Å². The number of aromatic nitrogens is 2. The predicted molar refractivity (Wildman–Crippen MR) is 74.3 cm³/mol. The lowest BCUT2D eigenvalue weighted by atomic mass is 10.0. The van der Waals surface area contributed by atoms with E-state index >= 15 is 0 Å². The van der Waals surface area contributed by atoms with E-state index in [0.717, 1.165) is 18.7 Å². The summed E-state index contributed by atoms with van der Waals surface area (Å²) in [7, 11) is 0. The molecule has 3 nitrogen and oxygen atoms in total. The van der Waals surface area contributed by atoms with Gasteiger partial charge in [0.1, 0.15) is 5.65 Å². The van der Waals surface area contributed by atoms with Crippen LogP contribution in [0.1, 0.15) is 25.3 Å². The van der Waals surface area contributed by atoms with Crippen LogP contribution in [0.25, 0.3) is 11.0 Å². The van der Waals surface area contributed by atoms with Gasteiger partial charge in [0.05, 0.1) is 0 Å². The number of hydrogen-bond donors (Lipinski definition) is 1. The molecular weight excluding hydrogens is 222 g/mol. The van der Waals surface area contributed by atoms with Gasteiger partial charge < -0.3 is 4.98 Å². The van der Waals surface area contributed by atoms with E-state index in [1.165, 1.54) is 23.8 Å². The van der Waals surface area contributed by atoms with Crippen molar-refractivity contribution in [1.29, 1.82) is 0 Å². The summed E-state index contributed by atoms with van der Waals surface area (Å²) in [5.74, 6) is 0. The SMILES string of the molecule is CCC1CC=CCN1Cc1c[nH]c2ncccc12. The third-order valence-electron chi connectivity index (χ3n) is 3.81. The summed E-state index contributed by atoms with van der Waals surface area (Å²) in [5.41, 5.74) is 2.35. The van der Waals surface area contributed by atoms with Gasteiger partial charge in [-0.2, -0.15) is 0 Å².